The van der Waals surface area contributed by atoms with Crippen LogP contribution in [0.25, 0.3) is 77.6 Å². The van der Waals surface area contributed by atoms with Gasteiger partial charge >= 0.3 is 0 Å². The first-order valence-corrected chi connectivity index (χ1v) is 19.8. The molecule has 1 aromatic heterocycles. The van der Waals surface area contributed by atoms with Crippen LogP contribution in [0.4, 0.5) is 17.1 Å². The Kier molecular flexibility index (Phi) is 6.13. The second-order valence-corrected chi connectivity index (χ2v) is 15.5. The smallest absolute Gasteiger partial charge is 0.136 e. The van der Waals surface area contributed by atoms with E-state index in [0.717, 1.165) is 22.2 Å². The Morgan fingerprint density at radius 3 is 1.49 bits per heavy atom. The van der Waals surface area contributed by atoms with Crippen molar-refractivity contribution < 1.29 is 4.42 Å². The molecule has 1 unspecified atom stereocenters. The van der Waals surface area contributed by atoms with Crippen LogP contribution >= 0.6 is 0 Å². The summed E-state index contributed by atoms with van der Waals surface area (Å²) in [6.45, 7) is 0. The SMILES string of the molecule is c1ccc2c(c1)-c1ccccc1N(c1ccc3c(c1)-c1ccccc1-c1ccccc1C31c3ccccc3-c3c1ccc1oc4ccccc4c31)c1ccccc1-2. The number of para-hydroxylation sites is 3. The van der Waals surface area contributed by atoms with E-state index in [4.69, 9.17) is 4.42 Å². The highest BCUT2D eigenvalue weighted by atomic mass is 16.3. The minimum Gasteiger partial charge on any atom is -0.456 e. The molecule has 1 aliphatic heterocycles. The zero-order valence-corrected chi connectivity index (χ0v) is 30.9. The van der Waals surface area contributed by atoms with Crippen molar-refractivity contribution in [2.24, 2.45) is 0 Å². The Labute approximate surface area is 330 Å². The molecule has 1 atom stereocenters. The molecule has 9 aromatic carbocycles. The molecule has 0 saturated heterocycles. The molecule has 13 rings (SSSR count). The van der Waals surface area contributed by atoms with Crippen LogP contribution in [0.3, 0.4) is 0 Å². The molecular formula is C55H33NO. The number of fused-ring (bicyclic) bond motifs is 21. The van der Waals surface area contributed by atoms with E-state index in [0.29, 0.717) is 0 Å². The number of furan rings is 1. The number of hydrogen-bond acceptors (Lipinski definition) is 2. The molecule has 2 aliphatic carbocycles. The first-order chi connectivity index (χ1) is 28.3. The fourth-order valence-corrected chi connectivity index (χ4v) is 10.7. The second-order valence-electron chi connectivity index (χ2n) is 15.5. The molecule has 0 fully saturated rings. The number of rotatable bonds is 1. The third-order valence-corrected chi connectivity index (χ3v) is 12.8. The van der Waals surface area contributed by atoms with Crippen molar-refractivity contribution in [3.63, 3.8) is 0 Å². The lowest BCUT2D eigenvalue weighted by Gasteiger charge is -2.36. The van der Waals surface area contributed by atoms with E-state index in [9.17, 15) is 0 Å². The maximum absolute atomic E-state index is 6.55. The lowest BCUT2D eigenvalue weighted by molar-refractivity contribution is 0.668. The number of nitrogens with zero attached hydrogens (tertiary/aromatic N) is 1. The van der Waals surface area contributed by atoms with E-state index < -0.39 is 5.41 Å². The molecule has 10 aromatic rings. The second kappa shape index (κ2) is 11.3. The quantitative estimate of drug-likeness (QED) is 0.168. The summed E-state index contributed by atoms with van der Waals surface area (Å²) in [5, 5.41) is 2.33. The summed E-state index contributed by atoms with van der Waals surface area (Å²) >= 11 is 0. The largest absolute Gasteiger partial charge is 0.456 e. The summed E-state index contributed by atoms with van der Waals surface area (Å²) in [7, 11) is 0. The molecule has 0 radical (unpaired) electrons. The van der Waals surface area contributed by atoms with Gasteiger partial charge in [0.25, 0.3) is 0 Å². The standard InChI is InChI=1S/C55H33NO/c1-4-18-38-35(15-1)39-19-5-10-24-45(39)55(46-25-11-6-22-42(46)53-48(55)31-32-52-54(53)43-23-9-14-28-51(43)57-52)47-30-29-34(33-44(38)47)56-49-26-12-7-20-40(49)36-16-2-3-17-37(36)41-21-8-13-27-50(41)56/h1-33H. The van der Waals surface area contributed by atoms with Gasteiger partial charge in [-0.15, -0.1) is 0 Å². The zero-order chi connectivity index (χ0) is 37.2. The molecule has 0 N–H and O–H groups in total. The van der Waals surface area contributed by atoms with E-state index >= 15 is 0 Å². The van der Waals surface area contributed by atoms with Crippen LogP contribution in [0, 0.1) is 0 Å². The first kappa shape index (κ1) is 30.9. The van der Waals surface area contributed by atoms with Crippen LogP contribution in [-0.4, -0.2) is 0 Å². The molecule has 57 heavy (non-hydrogen) atoms. The number of hydrogen-bond donors (Lipinski definition) is 0. The van der Waals surface area contributed by atoms with Crippen LogP contribution < -0.4 is 4.90 Å². The maximum atomic E-state index is 6.55. The van der Waals surface area contributed by atoms with Gasteiger partial charge < -0.3 is 9.32 Å². The highest BCUT2D eigenvalue weighted by molar-refractivity contribution is 6.16. The van der Waals surface area contributed by atoms with E-state index in [-0.39, 0.29) is 0 Å². The first-order valence-electron chi connectivity index (χ1n) is 19.8. The van der Waals surface area contributed by atoms with Gasteiger partial charge in [-0.25, -0.2) is 0 Å². The summed E-state index contributed by atoms with van der Waals surface area (Å²) in [5.74, 6) is 0. The predicted molar refractivity (Wildman–Crippen MR) is 235 cm³/mol. The molecule has 0 amide bonds. The summed E-state index contributed by atoms with van der Waals surface area (Å²) < 4.78 is 6.55. The average Bonchev–Trinajstić information content (AvgIpc) is 3.73. The van der Waals surface area contributed by atoms with Crippen molar-refractivity contribution in [2.75, 3.05) is 4.90 Å². The molecule has 1 spiro atoms. The summed E-state index contributed by atoms with van der Waals surface area (Å²) in [4.78, 5) is 2.48. The number of anilines is 3. The highest BCUT2D eigenvalue weighted by Crippen LogP contribution is 2.63. The average molecular weight is 724 g/mol. The van der Waals surface area contributed by atoms with Gasteiger partial charge in [0.05, 0.1) is 16.8 Å². The molecule has 0 bridgehead atoms. The topological polar surface area (TPSA) is 16.4 Å². The summed E-state index contributed by atoms with van der Waals surface area (Å²) in [5.41, 5.74) is 22.3. The van der Waals surface area contributed by atoms with Gasteiger partial charge in [-0.05, 0) is 103 Å². The van der Waals surface area contributed by atoms with Crippen molar-refractivity contribution in [3.05, 3.63) is 222 Å². The van der Waals surface area contributed by atoms with Crippen LogP contribution in [0.15, 0.2) is 205 Å². The monoisotopic (exact) mass is 723 g/mol. The molecule has 2 heterocycles. The molecular weight excluding hydrogens is 691 g/mol. The Hall–Kier alpha value is -7.42. The van der Waals surface area contributed by atoms with Gasteiger partial charge in [0.2, 0.25) is 0 Å². The van der Waals surface area contributed by atoms with Gasteiger partial charge in [0, 0.05) is 27.6 Å². The Morgan fingerprint density at radius 1 is 0.333 bits per heavy atom. The van der Waals surface area contributed by atoms with Crippen LogP contribution in [0.1, 0.15) is 22.3 Å². The molecule has 0 saturated carbocycles. The van der Waals surface area contributed by atoms with Crippen LogP contribution in [-0.2, 0) is 5.41 Å². The van der Waals surface area contributed by atoms with Crippen molar-refractivity contribution >= 4 is 39.0 Å². The lowest BCUT2D eigenvalue weighted by Crippen LogP contribution is -2.29. The van der Waals surface area contributed by atoms with E-state index in [1.54, 1.807) is 0 Å². The van der Waals surface area contributed by atoms with Crippen molar-refractivity contribution in [1.29, 1.82) is 0 Å². The lowest BCUT2D eigenvalue weighted by atomic mass is 9.66. The Balaban J connectivity index is 1.17. The van der Waals surface area contributed by atoms with Gasteiger partial charge in [-0.3, -0.25) is 0 Å². The van der Waals surface area contributed by atoms with Gasteiger partial charge in [-0.1, -0.05) is 164 Å². The third-order valence-electron chi connectivity index (χ3n) is 12.8. The summed E-state index contributed by atoms with van der Waals surface area (Å²) in [6, 6.07) is 74.1. The zero-order valence-electron chi connectivity index (χ0n) is 30.9. The number of benzene rings is 9. The van der Waals surface area contributed by atoms with Gasteiger partial charge in [-0.2, -0.15) is 0 Å². The van der Waals surface area contributed by atoms with Crippen LogP contribution in [0.2, 0.25) is 0 Å². The van der Waals surface area contributed by atoms with Crippen LogP contribution in [0.5, 0.6) is 0 Å². The van der Waals surface area contributed by atoms with E-state index in [2.05, 4.69) is 205 Å². The van der Waals surface area contributed by atoms with Crippen molar-refractivity contribution in [2.45, 2.75) is 5.41 Å². The van der Waals surface area contributed by atoms with Crippen molar-refractivity contribution in [3.8, 4) is 55.6 Å². The minimum atomic E-state index is -0.604. The molecule has 2 heteroatoms. The Bertz CT molecular complexity index is 3260. The van der Waals surface area contributed by atoms with Gasteiger partial charge in [0.1, 0.15) is 11.2 Å². The fraction of sp³-hybridized carbons (Fsp3) is 0.0182. The maximum Gasteiger partial charge on any atom is 0.136 e. The summed E-state index contributed by atoms with van der Waals surface area (Å²) in [6.07, 6.45) is 0. The highest BCUT2D eigenvalue weighted by Gasteiger charge is 2.50. The fourth-order valence-electron chi connectivity index (χ4n) is 10.7. The van der Waals surface area contributed by atoms with Gasteiger partial charge in [0.15, 0.2) is 0 Å². The predicted octanol–water partition coefficient (Wildman–Crippen LogP) is 14.7. The van der Waals surface area contributed by atoms with E-state index in [1.807, 2.05) is 0 Å². The third kappa shape index (κ3) is 3.94. The molecule has 264 valence electrons. The normalized spacial score (nSPS) is 15.4. The molecule has 2 nitrogen and oxygen atoms in total. The minimum absolute atomic E-state index is 0.604. The van der Waals surface area contributed by atoms with E-state index in [1.165, 1.54) is 94.6 Å². The van der Waals surface area contributed by atoms with Crippen molar-refractivity contribution in [1.82, 2.24) is 0 Å². The Morgan fingerprint density at radius 2 is 0.807 bits per heavy atom. The molecule has 3 aliphatic rings.